The summed E-state index contributed by atoms with van der Waals surface area (Å²) in [6, 6.07) is 34.4. The fraction of sp³-hybridized carbons (Fsp3) is 0.558. The first-order chi connectivity index (χ1) is 43.8. The van der Waals surface area contributed by atoms with Crippen LogP contribution in [0.4, 0.5) is 0 Å². The maximum absolute atomic E-state index is 12.9. The molecule has 4 aromatic rings. The highest BCUT2D eigenvalue weighted by Crippen LogP contribution is 2.78. The average Bonchev–Trinajstić information content (AvgIpc) is 1.48. The van der Waals surface area contributed by atoms with Crippen molar-refractivity contribution < 1.29 is 24.5 Å². The van der Waals surface area contributed by atoms with Crippen LogP contribution in [0.3, 0.4) is 0 Å². The van der Waals surface area contributed by atoms with Gasteiger partial charge in [0.15, 0.2) is 0 Å². The zero-order valence-corrected chi connectivity index (χ0v) is 59.9. The highest BCUT2D eigenvalue weighted by Gasteiger charge is 2.82. The molecule has 1 saturated heterocycles. The molecule has 13 rings (SSSR count). The number of fused-ring (bicyclic) bond motifs is 4. The second-order valence-corrected chi connectivity index (χ2v) is 31.9. The van der Waals surface area contributed by atoms with Crippen LogP contribution in [0.1, 0.15) is 226 Å². The Labute approximate surface area is 562 Å². The van der Waals surface area contributed by atoms with Gasteiger partial charge in [-0.2, -0.15) is 0 Å². The summed E-state index contributed by atoms with van der Waals surface area (Å²) in [5.74, 6) is 5.74. The largest absolute Gasteiger partial charge is 0.454 e. The fourth-order valence-electron chi connectivity index (χ4n) is 17.9. The maximum atomic E-state index is 12.9. The Hall–Kier alpha value is -5.33. The fourth-order valence-corrected chi connectivity index (χ4v) is 18.2. The van der Waals surface area contributed by atoms with Crippen LogP contribution >= 0.6 is 11.6 Å². The predicted molar refractivity (Wildman–Crippen MR) is 389 cm³/mol. The van der Waals surface area contributed by atoms with Crippen molar-refractivity contribution in [3.05, 3.63) is 196 Å². The van der Waals surface area contributed by atoms with E-state index in [1.807, 2.05) is 25.1 Å². The number of carbonyl (C=O) groups is 2. The van der Waals surface area contributed by atoms with Gasteiger partial charge in [0.1, 0.15) is 16.8 Å². The molecular formula is C86H117ClO5. The second-order valence-electron chi connectivity index (χ2n) is 31.5. The smallest absolute Gasteiger partial charge is 0.316 e. The normalized spacial score (nSPS) is 28.0. The van der Waals surface area contributed by atoms with Crippen LogP contribution in [0.25, 0.3) is 16.7 Å². The lowest BCUT2D eigenvalue weighted by Crippen LogP contribution is -2.50. The molecule has 1 spiro atoms. The van der Waals surface area contributed by atoms with Crippen molar-refractivity contribution >= 4 is 40.1 Å². The molecule has 0 amide bonds. The zero-order chi connectivity index (χ0) is 66.7. The lowest BCUT2D eigenvalue weighted by Gasteiger charge is -2.46. The van der Waals surface area contributed by atoms with Gasteiger partial charge >= 0.3 is 5.97 Å². The Morgan fingerprint density at radius 3 is 1.89 bits per heavy atom. The highest BCUT2D eigenvalue weighted by molar-refractivity contribution is 6.32. The molecule has 6 heteroatoms. The Morgan fingerprint density at radius 2 is 1.27 bits per heavy atom. The molecule has 5 nitrogen and oxygen atoms in total. The molecule has 498 valence electrons. The summed E-state index contributed by atoms with van der Waals surface area (Å²) in [4.78, 5) is 24.6. The number of allylic oxidation sites excluding steroid dienone is 8. The van der Waals surface area contributed by atoms with E-state index in [0.717, 1.165) is 105 Å². The van der Waals surface area contributed by atoms with E-state index in [1.165, 1.54) is 83.0 Å². The van der Waals surface area contributed by atoms with Crippen LogP contribution in [-0.2, 0) is 40.0 Å². The summed E-state index contributed by atoms with van der Waals surface area (Å²) >= 11 is 6.21. The number of benzene rings is 4. The van der Waals surface area contributed by atoms with Gasteiger partial charge in [0.05, 0.1) is 11.7 Å². The molecule has 0 aromatic heterocycles. The van der Waals surface area contributed by atoms with Crippen molar-refractivity contribution in [3.63, 3.8) is 0 Å². The third kappa shape index (κ3) is 16.5. The van der Waals surface area contributed by atoms with Crippen molar-refractivity contribution in [2.24, 2.45) is 75.9 Å². The van der Waals surface area contributed by atoms with E-state index in [0.29, 0.717) is 35.9 Å². The van der Waals surface area contributed by atoms with Gasteiger partial charge in [-0.05, 0) is 236 Å². The third-order valence-electron chi connectivity index (χ3n) is 21.8. The van der Waals surface area contributed by atoms with Crippen molar-refractivity contribution in [3.8, 4) is 0 Å². The molecule has 4 aromatic carbocycles. The third-order valence-corrected chi connectivity index (χ3v) is 22.1. The summed E-state index contributed by atoms with van der Waals surface area (Å²) in [6.07, 6.45) is 33.6. The Morgan fingerprint density at radius 1 is 0.685 bits per heavy atom. The zero-order valence-electron chi connectivity index (χ0n) is 59.1. The minimum Gasteiger partial charge on any atom is -0.454 e. The molecule has 4 bridgehead atoms. The van der Waals surface area contributed by atoms with Gasteiger partial charge in [-0.15, -0.1) is 0 Å². The van der Waals surface area contributed by atoms with Crippen LogP contribution in [0.5, 0.6) is 0 Å². The summed E-state index contributed by atoms with van der Waals surface area (Å²) in [6.45, 7) is 35.3. The quantitative estimate of drug-likeness (QED) is 0.0863. The van der Waals surface area contributed by atoms with E-state index < -0.39 is 22.7 Å². The van der Waals surface area contributed by atoms with Crippen molar-refractivity contribution in [1.29, 1.82) is 0 Å². The number of hydrogen-bond donors (Lipinski definition) is 2. The number of Topliss-reactive ketones (excluding diaryl/α,β-unsaturated/α-hetero) is 1. The van der Waals surface area contributed by atoms with Crippen LogP contribution in [0.15, 0.2) is 152 Å². The first-order valence-electron chi connectivity index (χ1n) is 36.0. The standard InChI is InChI=1S/C21H28O4.C15H20.C14H24O.C13H15Cl.C13H16.C10H14/c1-11(2)15-16-18(4)14(22)6-8-21(16,25-17(18)23)13-5-7-20(24)10-19(13,15)9-12(20)3;1-12(2)6-5-8-14-11-10-13-7-3-4-9-15(13)14;1-4-5-6-7-13-12(10-11(2)3)8-9-14(13)15;1-9(2)8-11-7-6-10-4-3-5-12(14)13(10)11;1-10(2)9-12-8-7-11-5-3-4-6-13(11)12;1-9(2)8-10-6-4-3-5-7-10/h6,8,11,13-16,22,24H,3,5,7,9-10H2,1-2,4H3;3-4,7,9,11-12H,5-6,8,10H2,1-2H3;5-6,11-13H,4,7-10H2,1-3H3;3-5,7,9H,6,8H2,1-2H3;3-6,8,10H,7,9H2,1-2H3;3-7,9H,8H2,1-2H3/t13-,14+,15+,16?,18-,19+,20?,21-;;;;;/m1...../s1. The molecule has 5 fully saturated rings. The summed E-state index contributed by atoms with van der Waals surface area (Å²) < 4.78 is 6.14. The molecule has 2 N–H and O–H groups in total. The molecule has 1 aliphatic heterocycles. The van der Waals surface area contributed by atoms with Gasteiger partial charge in [-0.25, -0.2) is 0 Å². The first-order valence-corrected chi connectivity index (χ1v) is 36.4. The number of carbonyl (C=O) groups excluding carboxylic acids is 2. The minimum absolute atomic E-state index is 0.0363. The van der Waals surface area contributed by atoms with Crippen molar-refractivity contribution in [2.75, 3.05) is 0 Å². The second kappa shape index (κ2) is 31.9. The van der Waals surface area contributed by atoms with Gasteiger partial charge in [-0.1, -0.05) is 242 Å². The van der Waals surface area contributed by atoms with E-state index in [-0.39, 0.29) is 29.1 Å². The molecule has 4 saturated carbocycles. The minimum atomic E-state index is -0.891. The number of ether oxygens (including phenoxy) is 1. The number of halogens is 1. The lowest BCUT2D eigenvalue weighted by atomic mass is 9.58. The van der Waals surface area contributed by atoms with E-state index in [9.17, 15) is 19.8 Å². The van der Waals surface area contributed by atoms with Crippen molar-refractivity contribution in [1.82, 2.24) is 0 Å². The number of esters is 1. The number of aliphatic hydroxyl groups excluding tert-OH is 1. The summed E-state index contributed by atoms with van der Waals surface area (Å²) in [7, 11) is 0. The maximum Gasteiger partial charge on any atom is 0.316 e. The van der Waals surface area contributed by atoms with Gasteiger partial charge in [-0.3, -0.25) is 9.59 Å². The van der Waals surface area contributed by atoms with E-state index in [2.05, 4.69) is 212 Å². The number of aliphatic hydroxyl groups is 2. The molecule has 10 atom stereocenters. The van der Waals surface area contributed by atoms with E-state index in [4.69, 9.17) is 16.3 Å². The Balaban J connectivity index is 0.000000146. The number of rotatable bonds is 16. The van der Waals surface area contributed by atoms with Crippen LogP contribution in [0, 0.1) is 75.9 Å². The molecule has 8 aliphatic carbocycles. The molecule has 9 aliphatic rings. The molecule has 4 unspecified atom stereocenters. The first kappa shape index (κ1) is 72.5. The topological polar surface area (TPSA) is 83.8 Å². The monoisotopic (exact) mass is 1260 g/mol. The van der Waals surface area contributed by atoms with Crippen LogP contribution < -0.4 is 0 Å². The van der Waals surface area contributed by atoms with Gasteiger partial charge < -0.3 is 14.9 Å². The Bertz CT molecular complexity index is 3290. The average molecular weight is 1270 g/mol. The number of ketones is 1. The highest BCUT2D eigenvalue weighted by atomic mass is 35.5. The molecule has 0 radical (unpaired) electrons. The lowest BCUT2D eigenvalue weighted by molar-refractivity contribution is -0.160. The van der Waals surface area contributed by atoms with Crippen LogP contribution in [0.2, 0.25) is 5.02 Å². The molecule has 92 heavy (non-hydrogen) atoms. The van der Waals surface area contributed by atoms with Crippen molar-refractivity contribution in [2.45, 2.75) is 230 Å². The van der Waals surface area contributed by atoms with Gasteiger partial charge in [0, 0.05) is 29.2 Å². The van der Waals surface area contributed by atoms with E-state index >= 15 is 0 Å². The SMILES string of the molecule is C=C1C[C@]23CC1(O)CC[C@H]2[C@@]12C=C[C@H](O)[C@@](C)(C(=O)O1)C2[C@@H]3C(C)C.CC(C)CC1=CCc2cccc(Cl)c21.CC(C)CC1=CCc2ccccc21.CC(C)CCCC1=CCc2ccccc21.CC(C)Cc1ccccc1.CCC=CCC1C(=O)CCC1CC(C)C. The van der Waals surface area contributed by atoms with Gasteiger partial charge in [0.25, 0.3) is 0 Å². The van der Waals surface area contributed by atoms with Crippen LogP contribution in [-0.4, -0.2) is 39.3 Å². The Kier molecular flexibility index (Phi) is 25.2. The predicted octanol–water partition coefficient (Wildman–Crippen LogP) is 21.9. The summed E-state index contributed by atoms with van der Waals surface area (Å²) in [5, 5.41) is 22.8. The van der Waals surface area contributed by atoms with E-state index in [1.54, 1.807) is 17.2 Å². The summed E-state index contributed by atoms with van der Waals surface area (Å²) in [5.41, 5.74) is 13.3. The van der Waals surface area contributed by atoms with Gasteiger partial charge in [0.2, 0.25) is 0 Å². The molecular weight excluding hydrogens is 1150 g/mol. The molecule has 1 heterocycles. The number of hydrogen-bond acceptors (Lipinski definition) is 5.